The number of hydrogen-bond acceptors (Lipinski definition) is 2. The molecule has 0 aliphatic heterocycles. The number of aliphatic hydroxyl groups is 1. The number of carboxylic acids is 1. The summed E-state index contributed by atoms with van der Waals surface area (Å²) in [4.78, 5) is 12.4. The van der Waals surface area contributed by atoms with Gasteiger partial charge in [-0.15, -0.1) is 6.58 Å². The van der Waals surface area contributed by atoms with Crippen LogP contribution >= 0.6 is 0 Å². The van der Waals surface area contributed by atoms with Crippen LogP contribution in [0.15, 0.2) is 12.7 Å². The first-order valence-electron chi connectivity index (χ1n) is 13.5. The third-order valence-corrected chi connectivity index (χ3v) is 12.3. The van der Waals surface area contributed by atoms with Gasteiger partial charge in [-0.25, -0.2) is 0 Å². The Hall–Kier alpha value is -0.830. The van der Waals surface area contributed by atoms with Gasteiger partial charge in [0, 0.05) is 0 Å². The Labute approximate surface area is 196 Å². The van der Waals surface area contributed by atoms with Crippen LogP contribution in [-0.2, 0) is 4.79 Å². The summed E-state index contributed by atoms with van der Waals surface area (Å²) in [6.45, 7) is 15.3. The summed E-state index contributed by atoms with van der Waals surface area (Å²) < 4.78 is 0. The summed E-state index contributed by atoms with van der Waals surface area (Å²) >= 11 is 0. The minimum atomic E-state index is -0.500. The van der Waals surface area contributed by atoms with Crippen LogP contribution in [0.1, 0.15) is 105 Å². The van der Waals surface area contributed by atoms with Gasteiger partial charge < -0.3 is 10.2 Å². The number of hydrogen-bond donors (Lipinski definition) is 2. The fourth-order valence-corrected chi connectivity index (χ4v) is 10.5. The Kier molecular flexibility index (Phi) is 6.18. The van der Waals surface area contributed by atoms with Crippen LogP contribution in [0.4, 0.5) is 0 Å². The second-order valence-corrected chi connectivity index (χ2v) is 13.1. The lowest BCUT2D eigenvalue weighted by atomic mass is 9.33. The molecule has 182 valence electrons. The highest BCUT2D eigenvalue weighted by Gasteiger charge is 2.69. The lowest BCUT2D eigenvalue weighted by Gasteiger charge is -2.71. The van der Waals surface area contributed by atoms with Crippen LogP contribution in [-0.4, -0.2) is 22.3 Å². The molecule has 10 atom stereocenters. The molecule has 0 saturated heterocycles. The second kappa shape index (κ2) is 8.14. The minimum Gasteiger partial charge on any atom is -0.481 e. The largest absolute Gasteiger partial charge is 0.481 e. The van der Waals surface area contributed by atoms with Crippen molar-refractivity contribution < 1.29 is 15.0 Å². The number of carboxylic acid groups (broad SMARTS) is 1. The van der Waals surface area contributed by atoms with Crippen LogP contribution in [0.2, 0.25) is 0 Å². The summed E-state index contributed by atoms with van der Waals surface area (Å²) in [5, 5.41) is 20.8. The van der Waals surface area contributed by atoms with Crippen molar-refractivity contribution >= 4 is 5.97 Å². The first kappa shape index (κ1) is 24.3. The average Bonchev–Trinajstić information content (AvgIpc) is 3.18. The second-order valence-electron chi connectivity index (χ2n) is 13.1. The Morgan fingerprint density at radius 2 is 1.56 bits per heavy atom. The highest BCUT2D eigenvalue weighted by molar-refractivity contribution is 5.76. The van der Waals surface area contributed by atoms with Gasteiger partial charge in [-0.05, 0) is 117 Å². The number of allylic oxidation sites excluding steroid dienone is 1. The summed E-state index contributed by atoms with van der Waals surface area (Å²) in [6, 6.07) is 0. The van der Waals surface area contributed by atoms with Gasteiger partial charge in [0.05, 0.1) is 11.5 Å². The van der Waals surface area contributed by atoms with Crippen LogP contribution in [0.5, 0.6) is 0 Å². The Morgan fingerprint density at radius 3 is 2.22 bits per heavy atom. The van der Waals surface area contributed by atoms with Gasteiger partial charge in [0.15, 0.2) is 0 Å². The van der Waals surface area contributed by atoms with E-state index in [1.807, 2.05) is 6.92 Å². The molecule has 0 heterocycles. The van der Waals surface area contributed by atoms with Crippen molar-refractivity contribution in [3.63, 3.8) is 0 Å². The van der Waals surface area contributed by atoms with Gasteiger partial charge in [-0.2, -0.15) is 0 Å². The molecule has 0 radical (unpaired) electrons. The van der Waals surface area contributed by atoms with Crippen LogP contribution in [0.3, 0.4) is 0 Å². The fourth-order valence-electron chi connectivity index (χ4n) is 10.5. The topological polar surface area (TPSA) is 57.5 Å². The van der Waals surface area contributed by atoms with E-state index in [0.717, 1.165) is 44.4 Å². The molecule has 0 aromatic rings. The summed E-state index contributed by atoms with van der Waals surface area (Å²) in [6.07, 6.45) is 14.0. The van der Waals surface area contributed by atoms with Gasteiger partial charge in [-0.3, -0.25) is 4.79 Å². The highest BCUT2D eigenvalue weighted by Crippen LogP contribution is 2.75. The maximum absolute atomic E-state index is 12.4. The van der Waals surface area contributed by atoms with E-state index in [0.29, 0.717) is 34.5 Å². The van der Waals surface area contributed by atoms with Crippen molar-refractivity contribution in [2.75, 3.05) is 0 Å². The number of fused-ring (bicyclic) bond motifs is 7. The van der Waals surface area contributed by atoms with Gasteiger partial charge in [0.25, 0.3) is 0 Å². The molecule has 2 N–H and O–H groups in total. The summed E-state index contributed by atoms with van der Waals surface area (Å²) in [5.74, 6) is 2.28. The van der Waals surface area contributed by atoms with E-state index < -0.39 is 11.4 Å². The van der Waals surface area contributed by atoms with E-state index in [1.54, 1.807) is 6.08 Å². The zero-order valence-electron chi connectivity index (χ0n) is 21.3. The van der Waals surface area contributed by atoms with Gasteiger partial charge in [0.2, 0.25) is 0 Å². The monoisotopic (exact) mass is 444 g/mol. The molecular formula is C29H48O3. The third kappa shape index (κ3) is 3.05. The Morgan fingerprint density at radius 1 is 0.875 bits per heavy atom. The molecule has 0 amide bonds. The first-order valence-corrected chi connectivity index (χ1v) is 13.5. The van der Waals surface area contributed by atoms with Gasteiger partial charge in [-0.1, -0.05) is 40.2 Å². The molecule has 5 fully saturated rings. The van der Waals surface area contributed by atoms with Crippen molar-refractivity contribution in [2.45, 2.75) is 111 Å². The Balaban J connectivity index is 0.000000775. The number of rotatable bonds is 1. The molecule has 8 unspecified atom stereocenters. The van der Waals surface area contributed by atoms with Crippen LogP contribution in [0, 0.1) is 51.2 Å². The predicted octanol–water partition coefficient (Wildman–Crippen LogP) is 7.09. The zero-order chi connectivity index (χ0) is 23.5. The van der Waals surface area contributed by atoms with Gasteiger partial charge in [0.1, 0.15) is 0 Å². The standard InChI is InChI=1S/C26H42O3.C3H6/c1-16-17-9-13-25(4)21(23(17,2)12-10-20(16)27)8-7-18-19-6-5-11-26(19,22(28)29)15-14-24(18,25)3;1-3-2/h16-21,27H,5-15H2,1-4H3,(H,28,29);3H,1H2,2H3/t16?,17?,18?,19-,20?,21?,23?,24-,25?,26?;/m1./s1. The van der Waals surface area contributed by atoms with E-state index in [2.05, 4.69) is 34.3 Å². The molecule has 0 aromatic carbocycles. The molecule has 5 rings (SSSR count). The highest BCUT2D eigenvalue weighted by atomic mass is 16.4. The minimum absolute atomic E-state index is 0.117. The smallest absolute Gasteiger partial charge is 0.309 e. The van der Waals surface area contributed by atoms with Crippen molar-refractivity contribution in [1.29, 1.82) is 0 Å². The summed E-state index contributed by atoms with van der Waals surface area (Å²) in [7, 11) is 0. The number of aliphatic hydroxyl groups excluding tert-OH is 1. The lowest BCUT2D eigenvalue weighted by molar-refractivity contribution is -0.234. The molecule has 5 aliphatic rings. The Bertz CT molecular complexity index is 747. The predicted molar refractivity (Wildman–Crippen MR) is 130 cm³/mol. The van der Waals surface area contributed by atoms with Crippen LogP contribution < -0.4 is 0 Å². The van der Waals surface area contributed by atoms with E-state index in [9.17, 15) is 15.0 Å². The molecule has 0 bridgehead atoms. The van der Waals surface area contributed by atoms with Crippen molar-refractivity contribution in [3.05, 3.63) is 12.7 Å². The molecule has 32 heavy (non-hydrogen) atoms. The molecule has 3 nitrogen and oxygen atoms in total. The SMILES string of the molecule is C=CC.CC1C(O)CCC2(C)C1CCC1(C)C2CCC2[C@H]3CCCC3(C(=O)O)CC[C@]21C. The maximum atomic E-state index is 12.4. The van der Waals surface area contributed by atoms with Crippen molar-refractivity contribution in [1.82, 2.24) is 0 Å². The molecule has 5 saturated carbocycles. The van der Waals surface area contributed by atoms with E-state index in [1.165, 1.54) is 32.1 Å². The fraction of sp³-hybridized carbons (Fsp3) is 0.897. The van der Waals surface area contributed by atoms with Gasteiger partial charge >= 0.3 is 5.97 Å². The summed E-state index contributed by atoms with van der Waals surface area (Å²) in [5.41, 5.74) is 0.516. The van der Waals surface area contributed by atoms with E-state index in [-0.39, 0.29) is 11.5 Å². The third-order valence-electron chi connectivity index (χ3n) is 12.3. The molecule has 0 aromatic heterocycles. The quantitative estimate of drug-likeness (QED) is 0.424. The zero-order valence-corrected chi connectivity index (χ0v) is 21.3. The van der Waals surface area contributed by atoms with Crippen molar-refractivity contribution in [2.24, 2.45) is 51.2 Å². The molecular weight excluding hydrogens is 396 g/mol. The number of carbonyl (C=O) groups is 1. The normalized spacial score (nSPS) is 54.1. The lowest BCUT2D eigenvalue weighted by Crippen LogP contribution is -2.65. The first-order chi connectivity index (χ1) is 15.0. The molecule has 5 aliphatic carbocycles. The van der Waals surface area contributed by atoms with E-state index in [4.69, 9.17) is 0 Å². The van der Waals surface area contributed by atoms with E-state index >= 15 is 0 Å². The average molecular weight is 445 g/mol. The van der Waals surface area contributed by atoms with Crippen molar-refractivity contribution in [3.8, 4) is 0 Å². The number of aliphatic carboxylic acids is 1. The molecule has 3 heteroatoms. The molecule has 0 spiro atoms. The van der Waals surface area contributed by atoms with Crippen LogP contribution in [0.25, 0.3) is 0 Å². The maximum Gasteiger partial charge on any atom is 0.309 e.